The Morgan fingerprint density at radius 2 is 0.770 bits per heavy atom. The number of benzene rings is 3. The summed E-state index contributed by atoms with van der Waals surface area (Å²) in [6.45, 7) is 4.65. The Morgan fingerprint density at radius 1 is 0.446 bits per heavy atom. The second-order valence-electron chi connectivity index (χ2n) is 17.8. The largest absolute Gasteiger partial charge is 0.497 e. The molecule has 0 fully saturated rings. The van der Waals surface area contributed by atoms with E-state index in [1.54, 1.807) is 94.1 Å². The highest BCUT2D eigenvalue weighted by atomic mass is 16.5. The Balaban J connectivity index is 1.62. The summed E-state index contributed by atoms with van der Waals surface area (Å²) in [6, 6.07) is 20.5. The van der Waals surface area contributed by atoms with Gasteiger partial charge in [0, 0.05) is 87.6 Å². The van der Waals surface area contributed by atoms with Crippen LogP contribution in [-0.4, -0.2) is 133 Å². The maximum absolute atomic E-state index is 13.7. The van der Waals surface area contributed by atoms with E-state index in [9.17, 15) is 38.4 Å². The van der Waals surface area contributed by atoms with Crippen LogP contribution in [0.2, 0.25) is 0 Å². The molecule has 0 heterocycles. The Bertz CT molecular complexity index is 2020. The van der Waals surface area contributed by atoms with Crippen molar-refractivity contribution in [3.8, 4) is 17.2 Å². The molecule has 0 aromatic heterocycles. The first-order chi connectivity index (χ1) is 35.5. The molecule has 0 aliphatic heterocycles. The van der Waals surface area contributed by atoms with Gasteiger partial charge < -0.3 is 65.6 Å². The Morgan fingerprint density at radius 3 is 1.07 bits per heavy atom. The Kier molecular flexibility index (Phi) is 28.4. The third-order valence-corrected chi connectivity index (χ3v) is 11.4. The van der Waals surface area contributed by atoms with Crippen LogP contribution in [0.4, 0.5) is 17.1 Å². The number of hydrogen-bond donors (Lipinski definition) is 7. The molecule has 0 bridgehead atoms. The van der Waals surface area contributed by atoms with Crippen LogP contribution >= 0.6 is 0 Å². The van der Waals surface area contributed by atoms with Crippen molar-refractivity contribution in [2.45, 2.75) is 84.1 Å². The number of Topliss-reactive ketones (excluding diaryl/α,β-unsaturated/α-hetero) is 1. The minimum Gasteiger partial charge on any atom is -0.497 e. The second-order valence-corrected chi connectivity index (χ2v) is 17.8. The molecule has 21 heteroatoms. The fraction of sp³-hybridized carbons (Fsp3) is 0.509. The Labute approximate surface area is 433 Å². The number of carbonyl (C=O) groups excluding carboxylic acids is 8. The molecule has 0 saturated carbocycles. The van der Waals surface area contributed by atoms with E-state index in [0.717, 1.165) is 0 Å². The molecule has 0 spiro atoms. The molecule has 406 valence electrons. The van der Waals surface area contributed by atoms with Crippen molar-refractivity contribution in [2.75, 3.05) is 96.6 Å². The highest BCUT2D eigenvalue weighted by molar-refractivity contribution is 5.92. The zero-order valence-corrected chi connectivity index (χ0v) is 43.5. The van der Waals surface area contributed by atoms with Gasteiger partial charge in [-0.15, -0.1) is 0 Å². The summed E-state index contributed by atoms with van der Waals surface area (Å²) < 4.78 is 33.4. The normalized spacial score (nSPS) is 11.8. The minimum atomic E-state index is -1.38. The van der Waals surface area contributed by atoms with Gasteiger partial charge >= 0.3 is 0 Å². The summed E-state index contributed by atoms with van der Waals surface area (Å²) in [5, 5.41) is 19.4. The fourth-order valence-electron chi connectivity index (χ4n) is 7.06. The highest BCUT2D eigenvalue weighted by Crippen LogP contribution is 2.20. The molecule has 74 heavy (non-hydrogen) atoms. The molecule has 0 aliphatic rings. The number of rotatable bonds is 37. The zero-order valence-electron chi connectivity index (χ0n) is 43.5. The van der Waals surface area contributed by atoms with E-state index in [4.69, 9.17) is 28.4 Å². The first kappa shape index (κ1) is 61.2. The molecular weight excluding hydrogens is 959 g/mol. The van der Waals surface area contributed by atoms with Crippen LogP contribution in [0.3, 0.4) is 0 Å². The van der Waals surface area contributed by atoms with Crippen LogP contribution in [0.25, 0.3) is 0 Å². The van der Waals surface area contributed by atoms with Crippen molar-refractivity contribution < 1.29 is 66.8 Å². The predicted molar refractivity (Wildman–Crippen MR) is 278 cm³/mol. The summed E-state index contributed by atoms with van der Waals surface area (Å²) in [4.78, 5) is 101. The molecule has 3 rings (SSSR count). The summed E-state index contributed by atoms with van der Waals surface area (Å²) in [6.07, 6.45) is 0.946. The van der Waals surface area contributed by atoms with Gasteiger partial charge in [-0.3, -0.25) is 38.4 Å². The minimum absolute atomic E-state index is 0.0185. The number of anilines is 3. The van der Waals surface area contributed by atoms with Crippen LogP contribution in [0.15, 0.2) is 72.8 Å². The number of methoxy groups -OCH3 is 3. The molecule has 2 unspecified atom stereocenters. The van der Waals surface area contributed by atoms with Gasteiger partial charge in [-0.2, -0.15) is 0 Å². The maximum atomic E-state index is 13.7. The van der Waals surface area contributed by atoms with Crippen molar-refractivity contribution in [1.82, 2.24) is 21.3 Å². The van der Waals surface area contributed by atoms with Gasteiger partial charge in [-0.1, -0.05) is 13.8 Å². The van der Waals surface area contributed by atoms with Gasteiger partial charge in [0.25, 0.3) is 0 Å². The van der Waals surface area contributed by atoms with Crippen molar-refractivity contribution in [3.63, 3.8) is 0 Å². The van der Waals surface area contributed by atoms with Gasteiger partial charge in [0.1, 0.15) is 28.6 Å². The standard InChI is InChI=1S/C53H75N7O14/c1-37(33-38(2)39(3)61)7-20-52(68)60-53(34-72-30-24-46(62)54-27-21-49(65)57-40-8-14-43(69-4)15-9-40,35-73-31-25-47(63)55-28-22-50(66)58-41-10-16-44(70-5)17-11-41)36-74-32-26-48(64)56-29-23-51(67)59-42-12-18-45(71-6)19-13-42/h8-19,37-38H,7,20-36H2,1-6H3,(H,54,62)(H,55,63)(H,56,64)(H,57,65)(H,58,66)(H,59,67)(H,60,68). The van der Waals surface area contributed by atoms with E-state index in [1.807, 2.05) is 13.8 Å². The molecule has 0 saturated heterocycles. The lowest BCUT2D eigenvalue weighted by Gasteiger charge is -2.34. The molecule has 3 aromatic rings. The molecule has 21 nitrogen and oxygen atoms in total. The zero-order chi connectivity index (χ0) is 54.1. The van der Waals surface area contributed by atoms with Gasteiger partial charge in [-0.05, 0) is 98.5 Å². The second kappa shape index (κ2) is 34.3. The molecule has 7 amide bonds. The first-order valence-corrected chi connectivity index (χ1v) is 24.7. The van der Waals surface area contributed by atoms with Gasteiger partial charge in [0.2, 0.25) is 41.4 Å². The topological polar surface area (TPSA) is 276 Å². The molecule has 0 aliphatic carbocycles. The number of nitrogens with one attached hydrogen (secondary N) is 7. The van der Waals surface area contributed by atoms with Crippen LogP contribution in [0.1, 0.15) is 78.6 Å². The molecule has 7 N–H and O–H groups in total. The van der Waals surface area contributed by atoms with E-state index < -0.39 is 5.54 Å². The highest BCUT2D eigenvalue weighted by Gasteiger charge is 2.34. The lowest BCUT2D eigenvalue weighted by Crippen LogP contribution is -2.58. The van der Waals surface area contributed by atoms with Gasteiger partial charge in [0.15, 0.2) is 0 Å². The summed E-state index contributed by atoms with van der Waals surface area (Å²) in [7, 11) is 4.62. The maximum Gasteiger partial charge on any atom is 0.226 e. The van der Waals surface area contributed by atoms with Gasteiger partial charge in [-0.25, -0.2) is 0 Å². The molecule has 3 aromatic carbocycles. The number of hydrogen-bond acceptors (Lipinski definition) is 14. The average Bonchev–Trinajstić information content (AvgIpc) is 3.37. The number of amides is 7. The fourth-order valence-corrected chi connectivity index (χ4v) is 7.06. The summed E-state index contributed by atoms with van der Waals surface area (Å²) in [5.41, 5.74) is 0.352. The van der Waals surface area contributed by atoms with Crippen LogP contribution in [0.5, 0.6) is 17.2 Å². The van der Waals surface area contributed by atoms with E-state index in [-0.39, 0.29) is 163 Å². The third-order valence-electron chi connectivity index (χ3n) is 11.4. The number of carbonyl (C=O) groups is 8. The number of ether oxygens (including phenoxy) is 6. The van der Waals surface area contributed by atoms with Crippen LogP contribution < -0.4 is 51.4 Å². The van der Waals surface area contributed by atoms with Crippen molar-refractivity contribution >= 4 is 64.2 Å². The van der Waals surface area contributed by atoms with Gasteiger partial charge in [0.05, 0.1) is 61.0 Å². The predicted octanol–water partition coefficient (Wildman–Crippen LogP) is 4.55. The first-order valence-electron chi connectivity index (χ1n) is 24.7. The monoisotopic (exact) mass is 1030 g/mol. The molecule has 2 atom stereocenters. The van der Waals surface area contributed by atoms with E-state index in [1.165, 1.54) is 6.92 Å². The van der Waals surface area contributed by atoms with Crippen LogP contribution in [0, 0.1) is 11.8 Å². The van der Waals surface area contributed by atoms with E-state index in [0.29, 0.717) is 47.2 Å². The van der Waals surface area contributed by atoms with E-state index >= 15 is 0 Å². The van der Waals surface area contributed by atoms with Crippen molar-refractivity contribution in [1.29, 1.82) is 0 Å². The number of ketones is 1. The lowest BCUT2D eigenvalue weighted by molar-refractivity contribution is -0.131. The van der Waals surface area contributed by atoms with Crippen molar-refractivity contribution in [2.24, 2.45) is 11.8 Å². The molecule has 0 radical (unpaired) electrons. The third kappa shape index (κ3) is 26.0. The summed E-state index contributed by atoms with van der Waals surface area (Å²) >= 11 is 0. The van der Waals surface area contributed by atoms with E-state index in [2.05, 4.69) is 37.2 Å². The SMILES string of the molecule is COc1ccc(NC(=O)CCNC(=O)CCOCC(COCCC(=O)NCCC(=O)Nc2ccc(OC)cc2)(COCCC(=O)NCCC(=O)Nc2ccc(OC)cc2)NC(=O)CCC(C)CC(C)C(C)=O)cc1. The molecular formula is C53H75N7O14. The van der Waals surface area contributed by atoms with Crippen molar-refractivity contribution in [3.05, 3.63) is 72.8 Å². The van der Waals surface area contributed by atoms with Crippen LogP contribution in [-0.2, 0) is 52.6 Å². The Hall–Kier alpha value is -7.10. The average molecular weight is 1030 g/mol. The quantitative estimate of drug-likeness (QED) is 0.0391. The summed E-state index contributed by atoms with van der Waals surface area (Å²) in [5.74, 6) is -0.555. The lowest BCUT2D eigenvalue weighted by atomic mass is 9.91. The smallest absolute Gasteiger partial charge is 0.226 e.